The second kappa shape index (κ2) is 6.35. The quantitative estimate of drug-likeness (QED) is 0.242. The first-order valence-electron chi connectivity index (χ1n) is 5.31. The van der Waals surface area contributed by atoms with Crippen molar-refractivity contribution in [3.63, 3.8) is 0 Å². The molecule has 22 heavy (non-hydrogen) atoms. The van der Waals surface area contributed by atoms with Gasteiger partial charge in [0.15, 0.2) is 0 Å². The number of ether oxygens (including phenoxy) is 1. The molecule has 1 fully saturated rings. The van der Waals surface area contributed by atoms with E-state index in [9.17, 15) is 28.8 Å². The van der Waals surface area contributed by atoms with E-state index in [4.69, 9.17) is 0 Å². The standard InChI is InChI=1S/C9H9O12P/c1-16-6(12)2-7(13)19-22(17-4-10,18-5-11)20-8(14)3-9(15)21-22/h4-5H,2-3H2,1H3. The minimum absolute atomic E-state index is 0.432. The number of carbonyl (C=O) groups is 6. The molecular formula is C9H9O12P. The van der Waals surface area contributed by atoms with Gasteiger partial charge in [-0.05, 0) is 0 Å². The molecule has 1 rings (SSSR count). The zero-order chi connectivity index (χ0) is 16.8. The first kappa shape index (κ1) is 17.3. The molecule has 1 saturated heterocycles. The fraction of sp³-hybridized carbons (Fsp3) is 0.333. The summed E-state index contributed by atoms with van der Waals surface area (Å²) in [6.45, 7) is -0.864. The molecule has 13 heteroatoms. The van der Waals surface area contributed by atoms with Crippen molar-refractivity contribution in [3.05, 3.63) is 0 Å². The average Bonchev–Trinajstić information content (AvgIpc) is 2.36. The fourth-order valence-corrected chi connectivity index (χ4v) is 3.15. The second-order valence-electron chi connectivity index (χ2n) is 3.47. The van der Waals surface area contributed by atoms with Gasteiger partial charge < -0.3 is 0 Å². The SMILES string of the molecule is COC(=O)CC(=O)OP1(OC=O)(OC=O)OC(=O)CC(=O)O1. The van der Waals surface area contributed by atoms with E-state index in [0.717, 1.165) is 7.11 Å². The van der Waals surface area contributed by atoms with Gasteiger partial charge in [-0.15, -0.1) is 0 Å². The van der Waals surface area contributed by atoms with Crippen molar-refractivity contribution >= 4 is 44.6 Å². The van der Waals surface area contributed by atoms with Crippen LogP contribution in [0.1, 0.15) is 12.8 Å². The molecule has 0 aromatic rings. The van der Waals surface area contributed by atoms with E-state index >= 15 is 0 Å². The van der Waals surface area contributed by atoms with Crippen LogP contribution in [0.4, 0.5) is 0 Å². The van der Waals surface area contributed by atoms with E-state index in [-0.39, 0.29) is 0 Å². The Kier molecular flexibility index (Phi) is 4.99. The normalized spacial score (nSPS) is 20.0. The van der Waals surface area contributed by atoms with Gasteiger partial charge in [0.05, 0.1) is 0 Å². The van der Waals surface area contributed by atoms with Crippen molar-refractivity contribution in [1.29, 1.82) is 0 Å². The Morgan fingerprint density at radius 2 is 1.59 bits per heavy atom. The van der Waals surface area contributed by atoms with Gasteiger partial charge >= 0.3 is 121 Å². The molecule has 0 aliphatic carbocycles. The summed E-state index contributed by atoms with van der Waals surface area (Å²) in [7, 11) is -5.02. The molecule has 122 valence electrons. The fourth-order valence-electron chi connectivity index (χ4n) is 1.25. The monoisotopic (exact) mass is 340 g/mol. The summed E-state index contributed by atoms with van der Waals surface area (Å²) in [5.74, 6) is -5.27. The van der Waals surface area contributed by atoms with E-state index in [1.54, 1.807) is 0 Å². The summed E-state index contributed by atoms with van der Waals surface area (Å²) >= 11 is 0. The molecule has 0 spiro atoms. The van der Waals surface area contributed by atoms with E-state index in [1.165, 1.54) is 0 Å². The molecule has 0 amide bonds. The summed E-state index contributed by atoms with van der Waals surface area (Å²) in [5, 5.41) is 0. The van der Waals surface area contributed by atoms with Crippen LogP contribution in [0.15, 0.2) is 0 Å². The van der Waals surface area contributed by atoms with Crippen LogP contribution in [0.25, 0.3) is 0 Å². The van der Waals surface area contributed by atoms with Crippen molar-refractivity contribution in [2.24, 2.45) is 0 Å². The Morgan fingerprint density at radius 1 is 1.09 bits per heavy atom. The van der Waals surface area contributed by atoms with Crippen molar-refractivity contribution in [2.75, 3.05) is 7.11 Å². The number of rotatable bonds is 7. The molecule has 0 unspecified atom stereocenters. The minimum atomic E-state index is -5.98. The van der Waals surface area contributed by atoms with E-state index in [2.05, 4.69) is 27.4 Å². The zero-order valence-electron chi connectivity index (χ0n) is 10.9. The van der Waals surface area contributed by atoms with Crippen LogP contribution in [0, 0.1) is 0 Å². The number of methoxy groups -OCH3 is 1. The summed E-state index contributed by atoms with van der Waals surface area (Å²) < 4.78 is 26.0. The molecule has 12 nitrogen and oxygen atoms in total. The zero-order valence-corrected chi connectivity index (χ0v) is 11.8. The van der Waals surface area contributed by atoms with Gasteiger partial charge in [0.25, 0.3) is 0 Å². The third-order valence-electron chi connectivity index (χ3n) is 1.99. The van der Waals surface area contributed by atoms with Crippen molar-refractivity contribution in [3.8, 4) is 0 Å². The Hall–Kier alpha value is -2.75. The predicted octanol–water partition coefficient (Wildman–Crippen LogP) is -0.943. The molecule has 0 aromatic heterocycles. The van der Waals surface area contributed by atoms with E-state index in [0.29, 0.717) is 0 Å². The molecule has 0 N–H and O–H groups in total. The van der Waals surface area contributed by atoms with Gasteiger partial charge in [-0.3, -0.25) is 0 Å². The van der Waals surface area contributed by atoms with Crippen LogP contribution in [0.2, 0.25) is 0 Å². The summed E-state index contributed by atoms with van der Waals surface area (Å²) in [4.78, 5) is 66.4. The van der Waals surface area contributed by atoms with E-state index in [1.807, 2.05) is 0 Å². The number of hydrogen-bond acceptors (Lipinski definition) is 12. The molecule has 1 heterocycles. The maximum absolute atomic E-state index is 11.6. The van der Waals surface area contributed by atoms with Gasteiger partial charge in [0, 0.05) is 0 Å². The molecule has 0 atom stereocenters. The average molecular weight is 340 g/mol. The Labute approximate surface area is 121 Å². The van der Waals surface area contributed by atoms with Gasteiger partial charge in [-0.25, -0.2) is 0 Å². The van der Waals surface area contributed by atoms with Crippen LogP contribution in [0.3, 0.4) is 0 Å². The molecule has 0 bridgehead atoms. The Bertz CT molecular complexity index is 509. The van der Waals surface area contributed by atoms with Gasteiger partial charge in [0.1, 0.15) is 0 Å². The molecule has 0 radical (unpaired) electrons. The van der Waals surface area contributed by atoms with Crippen LogP contribution in [-0.2, 0) is 56.1 Å². The summed E-state index contributed by atoms with van der Waals surface area (Å²) in [5.41, 5.74) is 0. The molecule has 1 aliphatic rings. The first-order chi connectivity index (χ1) is 10.3. The first-order valence-corrected chi connectivity index (χ1v) is 7.14. The molecule has 0 aromatic carbocycles. The van der Waals surface area contributed by atoms with Crippen LogP contribution >= 0.6 is 7.74 Å². The number of carbonyl (C=O) groups excluding carboxylic acids is 6. The molecule has 1 aliphatic heterocycles. The van der Waals surface area contributed by atoms with Crippen molar-refractivity contribution < 1.29 is 56.1 Å². The maximum atomic E-state index is 11.6. The van der Waals surface area contributed by atoms with Crippen LogP contribution in [-0.4, -0.2) is 43.9 Å². The Balaban J connectivity index is 3.19. The van der Waals surface area contributed by atoms with Gasteiger partial charge in [-0.1, -0.05) is 0 Å². The number of hydrogen-bond donors (Lipinski definition) is 0. The van der Waals surface area contributed by atoms with Crippen LogP contribution in [0.5, 0.6) is 0 Å². The third-order valence-corrected chi connectivity index (χ3v) is 4.35. The second-order valence-corrected chi connectivity index (χ2v) is 5.93. The summed E-state index contributed by atoms with van der Waals surface area (Å²) in [6, 6.07) is 0. The van der Waals surface area contributed by atoms with Crippen molar-refractivity contribution in [2.45, 2.75) is 12.8 Å². The predicted molar refractivity (Wildman–Crippen MR) is 60.7 cm³/mol. The Morgan fingerprint density at radius 3 is 2.00 bits per heavy atom. The van der Waals surface area contributed by atoms with Gasteiger partial charge in [-0.2, -0.15) is 0 Å². The molecular weight excluding hydrogens is 331 g/mol. The summed E-state index contributed by atoms with van der Waals surface area (Å²) in [6.07, 6.45) is -1.94. The third kappa shape index (κ3) is 3.67. The van der Waals surface area contributed by atoms with Gasteiger partial charge in [0.2, 0.25) is 0 Å². The van der Waals surface area contributed by atoms with E-state index < -0.39 is 57.4 Å². The number of esters is 1. The molecule has 0 saturated carbocycles. The van der Waals surface area contributed by atoms with Crippen molar-refractivity contribution in [1.82, 2.24) is 0 Å². The van der Waals surface area contributed by atoms with Crippen LogP contribution < -0.4 is 0 Å². The topological polar surface area (TPSA) is 158 Å².